The van der Waals surface area contributed by atoms with Crippen LogP contribution in [0.3, 0.4) is 0 Å². The van der Waals surface area contributed by atoms with E-state index in [1.807, 2.05) is 0 Å². The van der Waals surface area contributed by atoms with E-state index in [2.05, 4.69) is 15.8 Å². The van der Waals surface area contributed by atoms with Crippen LogP contribution >= 0.6 is 35.4 Å². The molecule has 0 aliphatic rings. The molecule has 0 saturated heterocycles. The predicted octanol–water partition coefficient (Wildman–Crippen LogP) is 4.25. The lowest BCUT2D eigenvalue weighted by Gasteiger charge is -2.09. The monoisotopic (exact) mass is 411 g/mol. The average Bonchev–Trinajstić information content (AvgIpc) is 2.59. The minimum atomic E-state index is -0.426. The third-order valence-corrected chi connectivity index (χ3v) is 3.93. The Hall–Kier alpha value is -2.35. The fraction of sp³-hybridized carbons (Fsp3) is 0.118. The summed E-state index contributed by atoms with van der Waals surface area (Å²) in [6.07, 6.45) is 1.54. The van der Waals surface area contributed by atoms with Gasteiger partial charge in [0, 0.05) is 12.6 Å². The van der Waals surface area contributed by atoms with Gasteiger partial charge in [0.05, 0.1) is 23.4 Å². The Morgan fingerprint density at radius 1 is 1.15 bits per heavy atom. The maximum absolute atomic E-state index is 11.1. The van der Waals surface area contributed by atoms with Gasteiger partial charge in [0.2, 0.25) is 0 Å². The Balaban J connectivity index is 1.97. The molecule has 136 valence electrons. The molecule has 2 rings (SSSR count). The summed E-state index contributed by atoms with van der Waals surface area (Å²) in [5.74, 6) is 0.327. The van der Waals surface area contributed by atoms with Crippen LogP contribution in [0.4, 0.5) is 5.69 Å². The van der Waals surface area contributed by atoms with Crippen molar-refractivity contribution in [2.24, 2.45) is 5.10 Å². The second kappa shape index (κ2) is 9.38. The zero-order valence-corrected chi connectivity index (χ0v) is 16.2. The van der Waals surface area contributed by atoms with Crippen LogP contribution in [0.1, 0.15) is 12.5 Å². The van der Waals surface area contributed by atoms with Gasteiger partial charge in [-0.05, 0) is 54.2 Å². The number of benzene rings is 2. The maximum atomic E-state index is 11.1. The molecule has 26 heavy (non-hydrogen) atoms. The van der Waals surface area contributed by atoms with Gasteiger partial charge in [-0.15, -0.1) is 0 Å². The lowest BCUT2D eigenvalue weighted by atomic mass is 10.2. The maximum Gasteiger partial charge on any atom is 0.308 e. The molecule has 0 saturated carbocycles. The lowest BCUT2D eigenvalue weighted by molar-refractivity contribution is -0.132. The minimum Gasteiger partial charge on any atom is -0.493 e. The van der Waals surface area contributed by atoms with Crippen molar-refractivity contribution in [3.8, 4) is 11.5 Å². The highest BCUT2D eigenvalue weighted by Gasteiger charge is 2.07. The lowest BCUT2D eigenvalue weighted by Crippen LogP contribution is -2.23. The van der Waals surface area contributed by atoms with Crippen molar-refractivity contribution < 1.29 is 14.3 Å². The fourth-order valence-corrected chi connectivity index (χ4v) is 2.37. The molecule has 0 atom stereocenters. The molecule has 0 bridgehead atoms. The number of methoxy groups -OCH3 is 1. The predicted molar refractivity (Wildman–Crippen MR) is 108 cm³/mol. The molecule has 2 N–H and O–H groups in total. The summed E-state index contributed by atoms with van der Waals surface area (Å²) in [4.78, 5) is 11.1. The van der Waals surface area contributed by atoms with Crippen molar-refractivity contribution in [1.29, 1.82) is 0 Å². The summed E-state index contributed by atoms with van der Waals surface area (Å²) in [6, 6.07) is 10.1. The number of carbonyl (C=O) groups is 1. The minimum absolute atomic E-state index is 0.281. The van der Waals surface area contributed by atoms with E-state index in [-0.39, 0.29) is 5.11 Å². The number of esters is 1. The van der Waals surface area contributed by atoms with Crippen molar-refractivity contribution in [1.82, 2.24) is 5.43 Å². The number of hydrogen-bond donors (Lipinski definition) is 2. The number of carbonyl (C=O) groups excluding carboxylic acids is 1. The zero-order chi connectivity index (χ0) is 19.1. The van der Waals surface area contributed by atoms with E-state index < -0.39 is 5.97 Å². The first kappa shape index (κ1) is 20.0. The highest BCUT2D eigenvalue weighted by atomic mass is 35.5. The van der Waals surface area contributed by atoms with E-state index in [0.717, 1.165) is 5.56 Å². The molecule has 0 radical (unpaired) electrons. The number of halogens is 2. The second-order valence-corrected chi connectivity index (χ2v) is 6.18. The zero-order valence-electron chi connectivity index (χ0n) is 13.9. The van der Waals surface area contributed by atoms with Crippen molar-refractivity contribution >= 4 is 58.4 Å². The van der Waals surface area contributed by atoms with Crippen LogP contribution in [0.2, 0.25) is 10.0 Å². The van der Waals surface area contributed by atoms with Crippen molar-refractivity contribution in [2.75, 3.05) is 12.4 Å². The van der Waals surface area contributed by atoms with E-state index in [0.29, 0.717) is 27.2 Å². The normalized spacial score (nSPS) is 10.5. The van der Waals surface area contributed by atoms with Crippen molar-refractivity contribution in [3.05, 3.63) is 52.0 Å². The molecular formula is C17H15Cl2N3O3S. The summed E-state index contributed by atoms with van der Waals surface area (Å²) >= 11 is 17.0. The van der Waals surface area contributed by atoms with Crippen LogP contribution in [-0.4, -0.2) is 24.4 Å². The quantitative estimate of drug-likeness (QED) is 0.252. The molecule has 0 unspecified atom stereocenters. The first-order valence-electron chi connectivity index (χ1n) is 7.30. The summed E-state index contributed by atoms with van der Waals surface area (Å²) in [5.41, 5.74) is 4.09. The largest absolute Gasteiger partial charge is 0.493 e. The Kier molecular flexibility index (Phi) is 7.20. The third kappa shape index (κ3) is 5.87. The number of hydrazone groups is 1. The van der Waals surface area contributed by atoms with E-state index >= 15 is 0 Å². The number of nitrogens with zero attached hydrogens (tertiary/aromatic N) is 1. The van der Waals surface area contributed by atoms with E-state index in [9.17, 15) is 4.79 Å². The summed E-state index contributed by atoms with van der Waals surface area (Å²) in [7, 11) is 1.48. The van der Waals surface area contributed by atoms with Gasteiger partial charge in [-0.25, -0.2) is 0 Å². The average molecular weight is 412 g/mol. The molecule has 6 nitrogen and oxygen atoms in total. The number of hydrogen-bond acceptors (Lipinski definition) is 5. The van der Waals surface area contributed by atoms with Gasteiger partial charge in [-0.1, -0.05) is 23.2 Å². The molecule has 2 aromatic carbocycles. The molecule has 0 aromatic heterocycles. The molecule has 2 aromatic rings. The Morgan fingerprint density at radius 2 is 1.92 bits per heavy atom. The van der Waals surface area contributed by atoms with Gasteiger partial charge < -0.3 is 14.8 Å². The standard InChI is InChI=1S/C17H15Cl2N3O3S/c1-10(23)25-15-6-3-11(7-16(15)24-2)9-20-22-17(26)21-12-4-5-13(18)14(19)8-12/h3-9H,1-2H3,(H2,21,22,26)/b20-9-. The van der Waals surface area contributed by atoms with Crippen molar-refractivity contribution in [2.45, 2.75) is 6.92 Å². The van der Waals surface area contributed by atoms with Crippen LogP contribution in [-0.2, 0) is 4.79 Å². The van der Waals surface area contributed by atoms with Gasteiger partial charge in [-0.2, -0.15) is 5.10 Å². The Bertz CT molecular complexity index is 859. The van der Waals surface area contributed by atoms with E-state index in [1.165, 1.54) is 14.0 Å². The number of anilines is 1. The molecular weight excluding hydrogens is 397 g/mol. The van der Waals surface area contributed by atoms with Crippen LogP contribution in [0, 0.1) is 0 Å². The number of rotatable bonds is 5. The SMILES string of the molecule is COc1cc(/C=N\NC(=S)Nc2ccc(Cl)c(Cl)c2)ccc1OC(C)=O. The molecule has 0 aliphatic carbocycles. The molecule has 0 aliphatic heterocycles. The third-order valence-electron chi connectivity index (χ3n) is 3.00. The van der Waals surface area contributed by atoms with Gasteiger partial charge in [0.15, 0.2) is 16.6 Å². The Labute approximate surface area is 166 Å². The summed E-state index contributed by atoms with van der Waals surface area (Å²) in [6.45, 7) is 1.32. The van der Waals surface area contributed by atoms with Crippen LogP contribution in [0.25, 0.3) is 0 Å². The van der Waals surface area contributed by atoms with Crippen molar-refractivity contribution in [3.63, 3.8) is 0 Å². The number of ether oxygens (including phenoxy) is 2. The molecule has 0 heterocycles. The number of nitrogens with one attached hydrogen (secondary N) is 2. The molecule has 0 spiro atoms. The molecule has 9 heteroatoms. The van der Waals surface area contributed by atoms with Gasteiger partial charge in [-0.3, -0.25) is 10.2 Å². The summed E-state index contributed by atoms with van der Waals surface area (Å²) in [5, 5.41) is 8.13. The number of thiocarbonyl (C=S) groups is 1. The highest BCUT2D eigenvalue weighted by molar-refractivity contribution is 7.80. The van der Waals surface area contributed by atoms with Crippen LogP contribution in [0.15, 0.2) is 41.5 Å². The first-order valence-corrected chi connectivity index (χ1v) is 8.47. The van der Waals surface area contributed by atoms with Crippen LogP contribution in [0.5, 0.6) is 11.5 Å². The first-order chi connectivity index (χ1) is 12.4. The topological polar surface area (TPSA) is 71.9 Å². The Morgan fingerprint density at radius 3 is 2.58 bits per heavy atom. The van der Waals surface area contributed by atoms with Gasteiger partial charge in [0.1, 0.15) is 0 Å². The fourth-order valence-electron chi connectivity index (χ4n) is 1.90. The summed E-state index contributed by atoms with van der Waals surface area (Å²) < 4.78 is 10.2. The van der Waals surface area contributed by atoms with Crippen LogP contribution < -0.4 is 20.2 Å². The van der Waals surface area contributed by atoms with Gasteiger partial charge >= 0.3 is 5.97 Å². The molecule has 0 fully saturated rings. The highest BCUT2D eigenvalue weighted by Crippen LogP contribution is 2.27. The smallest absolute Gasteiger partial charge is 0.308 e. The second-order valence-electron chi connectivity index (χ2n) is 4.96. The van der Waals surface area contributed by atoms with E-state index in [1.54, 1.807) is 42.6 Å². The van der Waals surface area contributed by atoms with E-state index in [4.69, 9.17) is 44.9 Å². The molecule has 0 amide bonds. The van der Waals surface area contributed by atoms with Gasteiger partial charge in [0.25, 0.3) is 0 Å².